The zero-order chi connectivity index (χ0) is 29.4. The van der Waals surface area contributed by atoms with E-state index in [1.807, 2.05) is 11.0 Å². The molecule has 2 saturated heterocycles. The largest absolute Gasteiger partial charge is 0.490 e. The predicted molar refractivity (Wildman–Crippen MR) is 121 cm³/mol. The Labute approximate surface area is 214 Å². The third-order valence-corrected chi connectivity index (χ3v) is 5.95. The molecule has 3 rings (SSSR count). The van der Waals surface area contributed by atoms with Crippen molar-refractivity contribution in [3.63, 3.8) is 0 Å². The molecule has 0 spiro atoms. The first-order chi connectivity index (χ1) is 17.4. The topological polar surface area (TPSA) is 125 Å². The number of nitrogens with zero attached hydrogens (tertiary/aromatic N) is 4. The molecule has 3 atom stereocenters. The van der Waals surface area contributed by atoms with Crippen LogP contribution in [-0.4, -0.2) is 108 Å². The van der Waals surface area contributed by atoms with E-state index in [0.29, 0.717) is 29.1 Å². The molecule has 0 saturated carbocycles. The standard InChI is InChI=1S/C19H26N4O.2C2HF3O2/c1-21(2)13-17-10-16-12-23(8-7-18(16)22(17)3)19(24)15-6-4-5-14(9-15)11-20;2*3-2(4,5)1(6)7/h4-6,9,16-18H,7-8,10,12-13H2,1-3H3;2*(H,6,7)/t16-,17+,18+;;/m1../s1. The molecule has 1 aromatic rings. The van der Waals surface area contributed by atoms with Gasteiger partial charge in [0.15, 0.2) is 0 Å². The first-order valence-corrected chi connectivity index (χ1v) is 11.1. The van der Waals surface area contributed by atoms with Crippen molar-refractivity contribution in [2.75, 3.05) is 40.8 Å². The van der Waals surface area contributed by atoms with Crippen LogP contribution in [0, 0.1) is 17.2 Å². The lowest BCUT2D eigenvalue weighted by Crippen LogP contribution is -2.48. The third kappa shape index (κ3) is 9.82. The molecule has 1 aromatic carbocycles. The Kier molecular flexibility index (Phi) is 11.5. The number of nitriles is 1. The number of rotatable bonds is 3. The lowest BCUT2D eigenvalue weighted by molar-refractivity contribution is -0.193. The van der Waals surface area contributed by atoms with Crippen LogP contribution in [0.25, 0.3) is 0 Å². The van der Waals surface area contributed by atoms with Gasteiger partial charge in [-0.15, -0.1) is 0 Å². The first kappa shape index (κ1) is 32.6. The predicted octanol–water partition coefficient (Wildman–Crippen LogP) is 2.92. The smallest absolute Gasteiger partial charge is 0.475 e. The van der Waals surface area contributed by atoms with E-state index >= 15 is 0 Å². The molecule has 15 heteroatoms. The third-order valence-electron chi connectivity index (χ3n) is 5.95. The summed E-state index contributed by atoms with van der Waals surface area (Å²) < 4.78 is 63.5. The Morgan fingerprint density at radius 1 is 1.08 bits per heavy atom. The summed E-state index contributed by atoms with van der Waals surface area (Å²) in [5.41, 5.74) is 1.17. The molecule has 2 aliphatic heterocycles. The van der Waals surface area contributed by atoms with Gasteiger partial charge in [0.05, 0.1) is 11.6 Å². The average Bonchev–Trinajstić information content (AvgIpc) is 3.12. The Morgan fingerprint density at radius 2 is 1.61 bits per heavy atom. The number of alkyl halides is 6. The lowest BCUT2D eigenvalue weighted by atomic mass is 9.91. The first-order valence-electron chi connectivity index (χ1n) is 11.1. The molecular formula is C23H28F6N4O5. The normalized spacial score (nSPS) is 21.3. The molecule has 212 valence electrons. The van der Waals surface area contributed by atoms with Crippen molar-refractivity contribution < 1.29 is 50.9 Å². The second kappa shape index (κ2) is 13.4. The number of fused-ring (bicyclic) bond motifs is 1. The molecule has 9 nitrogen and oxygen atoms in total. The maximum Gasteiger partial charge on any atom is 0.490 e. The molecule has 2 N–H and O–H groups in total. The Balaban J connectivity index is 0.000000426. The summed E-state index contributed by atoms with van der Waals surface area (Å²) in [6.07, 6.45) is -7.98. The zero-order valence-corrected chi connectivity index (χ0v) is 20.8. The van der Waals surface area contributed by atoms with Crippen LogP contribution in [0.15, 0.2) is 24.3 Å². The van der Waals surface area contributed by atoms with Gasteiger partial charge in [-0.05, 0) is 58.1 Å². The second-order valence-corrected chi connectivity index (χ2v) is 8.98. The summed E-state index contributed by atoms with van der Waals surface area (Å²) in [5, 5.41) is 23.3. The summed E-state index contributed by atoms with van der Waals surface area (Å²) in [7, 11) is 6.47. The Hall–Kier alpha value is -3.38. The number of carboxylic acid groups (broad SMARTS) is 2. The van der Waals surface area contributed by atoms with Crippen LogP contribution in [0.3, 0.4) is 0 Å². The SMILES string of the molecule is CN(C)C[C@@H]1C[C@@H]2CN(C(=O)c3cccc(C#N)c3)CC[C@@H]2N1C.O=C(O)C(F)(F)F.O=C(O)C(F)(F)F. The number of halogens is 6. The van der Waals surface area contributed by atoms with E-state index < -0.39 is 24.3 Å². The van der Waals surface area contributed by atoms with Crippen molar-refractivity contribution in [2.24, 2.45) is 5.92 Å². The molecule has 0 aliphatic carbocycles. The minimum Gasteiger partial charge on any atom is -0.475 e. The molecule has 0 unspecified atom stereocenters. The molecule has 2 fully saturated rings. The number of carboxylic acids is 2. The van der Waals surface area contributed by atoms with Crippen LogP contribution in [0.4, 0.5) is 26.3 Å². The number of carbonyl (C=O) groups excluding carboxylic acids is 1. The fourth-order valence-electron chi connectivity index (χ4n) is 4.29. The fraction of sp³-hybridized carbons (Fsp3) is 0.565. The number of piperidine rings is 1. The monoisotopic (exact) mass is 554 g/mol. The molecule has 2 aliphatic rings. The summed E-state index contributed by atoms with van der Waals surface area (Å²) in [6, 6.07) is 10.3. The van der Waals surface area contributed by atoms with Crippen LogP contribution < -0.4 is 0 Å². The van der Waals surface area contributed by atoms with E-state index in [9.17, 15) is 31.1 Å². The quantitative estimate of drug-likeness (QED) is 0.547. The average molecular weight is 554 g/mol. The highest BCUT2D eigenvalue weighted by Crippen LogP contribution is 2.35. The molecule has 0 aromatic heterocycles. The number of carbonyl (C=O) groups is 3. The summed E-state index contributed by atoms with van der Waals surface area (Å²) in [4.78, 5) is 37.3. The van der Waals surface area contributed by atoms with E-state index in [-0.39, 0.29) is 5.91 Å². The maximum absolute atomic E-state index is 12.8. The van der Waals surface area contributed by atoms with Crippen LogP contribution in [-0.2, 0) is 9.59 Å². The van der Waals surface area contributed by atoms with Gasteiger partial charge in [0, 0.05) is 37.3 Å². The highest BCUT2D eigenvalue weighted by atomic mass is 19.4. The minimum atomic E-state index is -5.08. The number of hydrogen-bond acceptors (Lipinski definition) is 6. The van der Waals surface area contributed by atoms with Gasteiger partial charge in [0.2, 0.25) is 0 Å². The van der Waals surface area contributed by atoms with Gasteiger partial charge in [-0.25, -0.2) is 9.59 Å². The number of likely N-dealkylation sites (tertiary alicyclic amines) is 2. The van der Waals surface area contributed by atoms with Crippen molar-refractivity contribution in [1.29, 1.82) is 5.26 Å². The lowest BCUT2D eigenvalue weighted by Gasteiger charge is -2.37. The van der Waals surface area contributed by atoms with Gasteiger partial charge in [-0.1, -0.05) is 6.07 Å². The minimum absolute atomic E-state index is 0.0595. The van der Waals surface area contributed by atoms with Crippen LogP contribution in [0.1, 0.15) is 28.8 Å². The van der Waals surface area contributed by atoms with E-state index in [1.165, 1.54) is 0 Å². The number of likely N-dealkylation sites (N-methyl/N-ethyl adjacent to an activating group) is 2. The molecular weight excluding hydrogens is 526 g/mol. The number of amides is 1. The number of aliphatic carboxylic acids is 2. The van der Waals surface area contributed by atoms with Crippen LogP contribution in [0.2, 0.25) is 0 Å². The van der Waals surface area contributed by atoms with E-state index in [2.05, 4.69) is 37.0 Å². The van der Waals surface area contributed by atoms with E-state index in [1.54, 1.807) is 18.2 Å². The molecule has 1 amide bonds. The Morgan fingerprint density at radius 3 is 2.05 bits per heavy atom. The van der Waals surface area contributed by atoms with Crippen molar-refractivity contribution in [3.05, 3.63) is 35.4 Å². The van der Waals surface area contributed by atoms with Crippen LogP contribution in [0.5, 0.6) is 0 Å². The fourth-order valence-corrected chi connectivity index (χ4v) is 4.29. The van der Waals surface area contributed by atoms with Gasteiger partial charge >= 0.3 is 24.3 Å². The van der Waals surface area contributed by atoms with Gasteiger partial charge in [0.25, 0.3) is 5.91 Å². The maximum atomic E-state index is 12.8. The molecule has 38 heavy (non-hydrogen) atoms. The van der Waals surface area contributed by atoms with E-state index in [4.69, 9.17) is 25.1 Å². The number of hydrogen-bond donors (Lipinski definition) is 2. The van der Waals surface area contributed by atoms with E-state index in [0.717, 1.165) is 32.5 Å². The van der Waals surface area contributed by atoms with Crippen molar-refractivity contribution in [3.8, 4) is 6.07 Å². The second-order valence-electron chi connectivity index (χ2n) is 8.98. The highest BCUT2D eigenvalue weighted by Gasteiger charge is 2.43. The van der Waals surface area contributed by atoms with Crippen molar-refractivity contribution >= 4 is 17.8 Å². The molecule has 0 radical (unpaired) electrons. The van der Waals surface area contributed by atoms with Gasteiger partial charge in [0.1, 0.15) is 0 Å². The zero-order valence-electron chi connectivity index (χ0n) is 20.8. The Bertz CT molecular complexity index is 1000. The van der Waals surface area contributed by atoms with Gasteiger partial charge < -0.3 is 20.0 Å². The van der Waals surface area contributed by atoms with Crippen molar-refractivity contribution in [2.45, 2.75) is 37.3 Å². The van der Waals surface area contributed by atoms with Crippen LogP contribution >= 0.6 is 0 Å². The molecule has 2 heterocycles. The molecule has 0 bridgehead atoms. The van der Waals surface area contributed by atoms with Gasteiger partial charge in [-0.3, -0.25) is 9.69 Å². The summed E-state index contributed by atoms with van der Waals surface area (Å²) in [6.45, 7) is 2.70. The number of benzene rings is 1. The summed E-state index contributed by atoms with van der Waals surface area (Å²) in [5.74, 6) is -4.90. The van der Waals surface area contributed by atoms with Gasteiger partial charge in [-0.2, -0.15) is 31.6 Å². The highest BCUT2D eigenvalue weighted by molar-refractivity contribution is 5.94. The van der Waals surface area contributed by atoms with Crippen molar-refractivity contribution in [1.82, 2.24) is 14.7 Å². The summed E-state index contributed by atoms with van der Waals surface area (Å²) >= 11 is 0.